The van der Waals surface area contributed by atoms with E-state index in [1.807, 2.05) is 38.1 Å². The minimum atomic E-state index is -0.201. The minimum Gasteiger partial charge on any atom is -0.489 e. The van der Waals surface area contributed by atoms with Crippen LogP contribution in [-0.4, -0.2) is 17.0 Å². The van der Waals surface area contributed by atoms with E-state index >= 15 is 0 Å². The zero-order chi connectivity index (χ0) is 13.7. The van der Waals surface area contributed by atoms with Gasteiger partial charge in [-0.2, -0.15) is 0 Å². The normalized spacial score (nSPS) is 10.3. The Balaban J connectivity index is 2.17. The summed E-state index contributed by atoms with van der Waals surface area (Å²) in [7, 11) is 0. The third-order valence-electron chi connectivity index (χ3n) is 2.42. The predicted octanol–water partition coefficient (Wildman–Crippen LogP) is 3.12. The van der Waals surface area contributed by atoms with Crippen LogP contribution >= 0.6 is 0 Å². The van der Waals surface area contributed by atoms with Crippen LogP contribution in [-0.2, 0) is 0 Å². The Bertz CT molecular complexity index is 553. The van der Waals surface area contributed by atoms with Crippen molar-refractivity contribution >= 4 is 11.6 Å². The van der Waals surface area contributed by atoms with Gasteiger partial charge in [-0.3, -0.25) is 9.78 Å². The lowest BCUT2D eigenvalue weighted by atomic mass is 10.2. The van der Waals surface area contributed by atoms with E-state index in [2.05, 4.69) is 10.3 Å². The molecule has 0 fully saturated rings. The first-order valence-electron chi connectivity index (χ1n) is 6.14. The molecule has 1 aromatic heterocycles. The van der Waals surface area contributed by atoms with E-state index in [-0.39, 0.29) is 12.0 Å². The van der Waals surface area contributed by atoms with Crippen LogP contribution in [0.4, 0.5) is 5.69 Å². The van der Waals surface area contributed by atoms with E-state index in [1.54, 1.807) is 18.3 Å². The second-order valence-corrected chi connectivity index (χ2v) is 4.36. The van der Waals surface area contributed by atoms with E-state index < -0.39 is 0 Å². The summed E-state index contributed by atoms with van der Waals surface area (Å²) in [5.41, 5.74) is 1.17. The van der Waals surface area contributed by atoms with Crippen LogP contribution in [0.3, 0.4) is 0 Å². The first kappa shape index (κ1) is 13.1. The van der Waals surface area contributed by atoms with Crippen LogP contribution in [0.5, 0.6) is 5.75 Å². The van der Waals surface area contributed by atoms with E-state index in [1.165, 1.54) is 6.20 Å². The number of para-hydroxylation sites is 2. The van der Waals surface area contributed by atoms with Gasteiger partial charge in [-0.1, -0.05) is 12.1 Å². The fraction of sp³-hybridized carbons (Fsp3) is 0.200. The average molecular weight is 256 g/mol. The number of benzene rings is 1. The molecule has 2 rings (SSSR count). The molecule has 19 heavy (non-hydrogen) atoms. The molecule has 0 aliphatic carbocycles. The van der Waals surface area contributed by atoms with Crippen LogP contribution in [0.2, 0.25) is 0 Å². The van der Waals surface area contributed by atoms with Gasteiger partial charge in [0.05, 0.1) is 17.4 Å². The summed E-state index contributed by atoms with van der Waals surface area (Å²) >= 11 is 0. The third kappa shape index (κ3) is 3.55. The van der Waals surface area contributed by atoms with Crippen molar-refractivity contribution in [2.75, 3.05) is 5.32 Å². The van der Waals surface area contributed by atoms with Gasteiger partial charge < -0.3 is 10.1 Å². The maximum Gasteiger partial charge on any atom is 0.257 e. The van der Waals surface area contributed by atoms with E-state index in [4.69, 9.17) is 4.74 Å². The van der Waals surface area contributed by atoms with Crippen LogP contribution in [0.1, 0.15) is 24.2 Å². The molecule has 1 heterocycles. The maximum atomic E-state index is 12.0. The molecule has 0 unspecified atom stereocenters. The van der Waals surface area contributed by atoms with Gasteiger partial charge in [0.15, 0.2) is 0 Å². The largest absolute Gasteiger partial charge is 0.489 e. The zero-order valence-corrected chi connectivity index (χ0v) is 11.0. The van der Waals surface area contributed by atoms with Crippen molar-refractivity contribution in [1.29, 1.82) is 0 Å². The summed E-state index contributed by atoms with van der Waals surface area (Å²) in [6.07, 6.45) is 3.21. The molecule has 4 nitrogen and oxygen atoms in total. The highest BCUT2D eigenvalue weighted by molar-refractivity contribution is 6.04. The molecule has 0 atom stereocenters. The van der Waals surface area contributed by atoms with Crippen LogP contribution in [0.25, 0.3) is 0 Å². The number of pyridine rings is 1. The maximum absolute atomic E-state index is 12.0. The second-order valence-electron chi connectivity index (χ2n) is 4.36. The number of rotatable bonds is 4. The molecule has 0 saturated carbocycles. The van der Waals surface area contributed by atoms with Crippen molar-refractivity contribution < 1.29 is 9.53 Å². The number of hydrogen-bond acceptors (Lipinski definition) is 3. The minimum absolute atomic E-state index is 0.0523. The van der Waals surface area contributed by atoms with Crippen molar-refractivity contribution in [1.82, 2.24) is 4.98 Å². The highest BCUT2D eigenvalue weighted by atomic mass is 16.5. The predicted molar refractivity (Wildman–Crippen MR) is 74.4 cm³/mol. The SMILES string of the molecule is CC(C)Oc1ccccc1NC(=O)c1cccnc1. The Kier molecular flexibility index (Phi) is 4.13. The van der Waals surface area contributed by atoms with Crippen molar-refractivity contribution in [2.45, 2.75) is 20.0 Å². The summed E-state index contributed by atoms with van der Waals surface area (Å²) in [5, 5.41) is 2.83. The van der Waals surface area contributed by atoms with Gasteiger partial charge in [-0.05, 0) is 38.1 Å². The molecule has 0 radical (unpaired) electrons. The van der Waals surface area contributed by atoms with Crippen LogP contribution in [0, 0.1) is 0 Å². The number of carbonyl (C=O) groups is 1. The first-order chi connectivity index (χ1) is 9.16. The molecule has 0 spiro atoms. The van der Waals surface area contributed by atoms with Crippen molar-refractivity contribution in [3.05, 3.63) is 54.4 Å². The molecule has 1 N–H and O–H groups in total. The summed E-state index contributed by atoms with van der Waals surface area (Å²) < 4.78 is 5.65. The monoisotopic (exact) mass is 256 g/mol. The number of amides is 1. The molecule has 98 valence electrons. The molecular formula is C15H16N2O2. The van der Waals surface area contributed by atoms with Crippen LogP contribution in [0.15, 0.2) is 48.8 Å². The van der Waals surface area contributed by atoms with E-state index in [0.29, 0.717) is 17.0 Å². The fourth-order valence-electron chi connectivity index (χ4n) is 1.62. The molecule has 2 aromatic rings. The number of nitrogens with one attached hydrogen (secondary N) is 1. The van der Waals surface area contributed by atoms with Gasteiger partial charge in [-0.25, -0.2) is 0 Å². The van der Waals surface area contributed by atoms with E-state index in [0.717, 1.165) is 0 Å². The third-order valence-corrected chi connectivity index (χ3v) is 2.42. The number of hydrogen-bond donors (Lipinski definition) is 1. The van der Waals surface area contributed by atoms with Gasteiger partial charge >= 0.3 is 0 Å². The van der Waals surface area contributed by atoms with E-state index in [9.17, 15) is 4.79 Å². The summed E-state index contributed by atoms with van der Waals surface area (Å²) in [4.78, 5) is 16.0. The Morgan fingerprint density at radius 2 is 2.00 bits per heavy atom. The zero-order valence-electron chi connectivity index (χ0n) is 11.0. The molecule has 4 heteroatoms. The Morgan fingerprint density at radius 1 is 1.21 bits per heavy atom. The topological polar surface area (TPSA) is 51.2 Å². The fourth-order valence-corrected chi connectivity index (χ4v) is 1.62. The number of anilines is 1. The molecular weight excluding hydrogens is 240 g/mol. The quantitative estimate of drug-likeness (QED) is 0.914. The number of carbonyl (C=O) groups excluding carboxylic acids is 1. The van der Waals surface area contributed by atoms with Crippen molar-refractivity contribution in [3.63, 3.8) is 0 Å². The number of nitrogens with zero attached hydrogens (tertiary/aromatic N) is 1. The van der Waals surface area contributed by atoms with Crippen molar-refractivity contribution in [3.8, 4) is 5.75 Å². The van der Waals surface area contributed by atoms with Gasteiger partial charge in [0.2, 0.25) is 0 Å². The smallest absolute Gasteiger partial charge is 0.257 e. The van der Waals surface area contributed by atoms with Crippen molar-refractivity contribution in [2.24, 2.45) is 0 Å². The molecule has 0 aliphatic rings. The highest BCUT2D eigenvalue weighted by Gasteiger charge is 2.10. The molecule has 0 saturated heterocycles. The lowest BCUT2D eigenvalue weighted by Crippen LogP contribution is -2.14. The lowest BCUT2D eigenvalue weighted by molar-refractivity contribution is 0.102. The molecule has 1 amide bonds. The number of ether oxygens (including phenoxy) is 1. The van der Waals surface area contributed by atoms with Crippen LogP contribution < -0.4 is 10.1 Å². The van der Waals surface area contributed by atoms with Gasteiger partial charge in [-0.15, -0.1) is 0 Å². The summed E-state index contributed by atoms with van der Waals surface area (Å²) in [6.45, 7) is 3.89. The Morgan fingerprint density at radius 3 is 2.68 bits per heavy atom. The standard InChI is InChI=1S/C15H16N2O2/c1-11(2)19-14-8-4-3-7-13(14)17-15(18)12-6-5-9-16-10-12/h3-11H,1-2H3,(H,17,18). The highest BCUT2D eigenvalue weighted by Crippen LogP contribution is 2.25. The lowest BCUT2D eigenvalue weighted by Gasteiger charge is -2.14. The summed E-state index contributed by atoms with van der Waals surface area (Å²) in [5.74, 6) is 0.461. The average Bonchev–Trinajstić information content (AvgIpc) is 2.41. The Hall–Kier alpha value is -2.36. The van der Waals surface area contributed by atoms with Gasteiger partial charge in [0.25, 0.3) is 5.91 Å². The second kappa shape index (κ2) is 6.00. The molecule has 0 aliphatic heterocycles. The van der Waals surface area contributed by atoms with Gasteiger partial charge in [0, 0.05) is 12.4 Å². The Labute approximate surface area is 112 Å². The molecule has 0 bridgehead atoms. The molecule has 1 aromatic carbocycles. The number of aromatic nitrogens is 1. The first-order valence-corrected chi connectivity index (χ1v) is 6.14. The van der Waals surface area contributed by atoms with Gasteiger partial charge in [0.1, 0.15) is 5.75 Å². The summed E-state index contributed by atoms with van der Waals surface area (Å²) in [6, 6.07) is 10.8.